The van der Waals surface area contributed by atoms with Crippen molar-refractivity contribution in [3.8, 4) is 5.75 Å². The van der Waals surface area contributed by atoms with Crippen LogP contribution in [0.2, 0.25) is 0 Å². The molecule has 0 radical (unpaired) electrons. The van der Waals surface area contributed by atoms with E-state index in [0.29, 0.717) is 37.6 Å². The van der Waals surface area contributed by atoms with Crippen molar-refractivity contribution < 1.29 is 19.1 Å². The maximum absolute atomic E-state index is 12.8. The van der Waals surface area contributed by atoms with E-state index in [1.54, 1.807) is 12.1 Å². The highest BCUT2D eigenvalue weighted by atomic mass is 35.5. The van der Waals surface area contributed by atoms with E-state index in [1.165, 1.54) is 0 Å². The number of H-pyrrole nitrogens is 1. The number of nitrogens with one attached hydrogen (secondary N) is 3. The van der Waals surface area contributed by atoms with Gasteiger partial charge in [0, 0.05) is 36.1 Å². The van der Waals surface area contributed by atoms with E-state index < -0.39 is 6.10 Å². The lowest BCUT2D eigenvalue weighted by Gasteiger charge is -2.22. The Labute approximate surface area is 215 Å². The fourth-order valence-electron chi connectivity index (χ4n) is 4.06. The van der Waals surface area contributed by atoms with Gasteiger partial charge in [-0.2, -0.15) is 0 Å². The predicted octanol–water partition coefficient (Wildman–Crippen LogP) is 4.52. The number of fused-ring (bicyclic) bond motifs is 1. The minimum atomic E-state index is -0.394. The molecule has 4 aromatic rings. The summed E-state index contributed by atoms with van der Waals surface area (Å²) in [6, 6.07) is 24.8. The summed E-state index contributed by atoms with van der Waals surface area (Å²) in [5.41, 5.74) is 3.96. The first-order chi connectivity index (χ1) is 17.1. The van der Waals surface area contributed by atoms with E-state index in [2.05, 4.69) is 15.6 Å². The first kappa shape index (κ1) is 25.4. The Morgan fingerprint density at radius 2 is 1.78 bits per heavy atom. The molecular formula is C28H28ClN3O4. The smallest absolute Gasteiger partial charge is 0.272 e. The number of anilines is 1. The predicted molar refractivity (Wildman–Crippen MR) is 142 cm³/mol. The van der Waals surface area contributed by atoms with Crippen LogP contribution >= 0.6 is 12.4 Å². The quantitative estimate of drug-likeness (QED) is 0.327. The molecule has 0 spiro atoms. The third-order valence-corrected chi connectivity index (χ3v) is 5.96. The van der Waals surface area contributed by atoms with Crippen LogP contribution in [0.25, 0.3) is 10.9 Å². The van der Waals surface area contributed by atoms with Crippen molar-refractivity contribution in [3.05, 3.63) is 95.7 Å². The molecule has 5 rings (SSSR count). The van der Waals surface area contributed by atoms with Crippen molar-refractivity contribution >= 4 is 40.7 Å². The monoisotopic (exact) mass is 505 g/mol. The molecule has 1 amide bonds. The molecule has 8 heteroatoms. The molecule has 3 N–H and O–H groups in total. The number of morpholine rings is 1. The number of benzene rings is 3. The number of aromatic amines is 1. The summed E-state index contributed by atoms with van der Waals surface area (Å²) in [5, 5.41) is 6.97. The van der Waals surface area contributed by atoms with Crippen LogP contribution in [-0.4, -0.2) is 42.5 Å². The minimum absolute atomic E-state index is 0. The van der Waals surface area contributed by atoms with Crippen LogP contribution < -0.4 is 15.4 Å². The average molecular weight is 506 g/mol. The Kier molecular flexibility index (Phi) is 8.38. The average Bonchev–Trinajstić information content (AvgIpc) is 3.33. The fourth-order valence-corrected chi connectivity index (χ4v) is 4.06. The number of ketones is 1. The van der Waals surface area contributed by atoms with Crippen LogP contribution in [0.5, 0.6) is 5.75 Å². The molecule has 1 unspecified atom stereocenters. The topological polar surface area (TPSA) is 92.5 Å². The van der Waals surface area contributed by atoms with Crippen LogP contribution in [0.15, 0.2) is 78.9 Å². The number of Topliss-reactive ketones (excluding diaryl/α,β-unsaturated/α-hetero) is 1. The Hall–Kier alpha value is -3.65. The summed E-state index contributed by atoms with van der Waals surface area (Å²) in [5.74, 6) is 0.560. The van der Waals surface area contributed by atoms with E-state index in [1.807, 2.05) is 66.7 Å². The number of hydrogen-bond acceptors (Lipinski definition) is 5. The maximum atomic E-state index is 12.8. The van der Waals surface area contributed by atoms with E-state index in [-0.39, 0.29) is 24.1 Å². The molecule has 1 atom stereocenters. The number of amides is 1. The number of rotatable bonds is 8. The number of aromatic nitrogens is 1. The molecule has 2 heterocycles. The van der Waals surface area contributed by atoms with E-state index in [4.69, 9.17) is 9.47 Å². The molecular weight excluding hydrogens is 478 g/mol. The maximum Gasteiger partial charge on any atom is 0.272 e. The lowest BCUT2D eigenvalue weighted by Crippen LogP contribution is -2.43. The van der Waals surface area contributed by atoms with Gasteiger partial charge < -0.3 is 25.1 Å². The normalized spacial score (nSPS) is 15.2. The molecule has 1 aromatic heterocycles. The van der Waals surface area contributed by atoms with Gasteiger partial charge in [0.2, 0.25) is 0 Å². The van der Waals surface area contributed by atoms with Crippen molar-refractivity contribution in [1.29, 1.82) is 0 Å². The van der Waals surface area contributed by atoms with Gasteiger partial charge in [-0.15, -0.1) is 12.4 Å². The number of hydrogen-bond donors (Lipinski definition) is 3. The highest BCUT2D eigenvalue weighted by Crippen LogP contribution is 2.23. The molecule has 7 nitrogen and oxygen atoms in total. The van der Waals surface area contributed by atoms with Gasteiger partial charge in [0.1, 0.15) is 24.2 Å². The SMILES string of the molecule is Cl.O=C(Nc1ccc(CC(=O)C2CNCCO2)cc1)c1cc2cc(OCc3ccccc3)ccc2[nH]1. The van der Waals surface area contributed by atoms with Gasteiger partial charge in [-0.05, 0) is 47.5 Å². The van der Waals surface area contributed by atoms with Crippen LogP contribution in [0, 0.1) is 0 Å². The molecule has 36 heavy (non-hydrogen) atoms. The van der Waals surface area contributed by atoms with Crippen molar-refractivity contribution in [2.24, 2.45) is 0 Å². The molecule has 3 aromatic carbocycles. The zero-order valence-corrected chi connectivity index (χ0v) is 20.5. The second-order valence-electron chi connectivity index (χ2n) is 8.56. The molecule has 1 aliphatic rings. The second kappa shape index (κ2) is 11.9. The van der Waals surface area contributed by atoms with E-state index in [0.717, 1.165) is 34.3 Å². The highest BCUT2D eigenvalue weighted by molar-refractivity contribution is 6.06. The summed E-state index contributed by atoms with van der Waals surface area (Å²) >= 11 is 0. The van der Waals surface area contributed by atoms with Crippen LogP contribution in [0.4, 0.5) is 5.69 Å². The van der Waals surface area contributed by atoms with Crippen LogP contribution in [0.3, 0.4) is 0 Å². The Morgan fingerprint density at radius 3 is 2.53 bits per heavy atom. The molecule has 0 saturated carbocycles. The summed E-state index contributed by atoms with van der Waals surface area (Å²) in [6.07, 6.45) is -0.0912. The lowest BCUT2D eigenvalue weighted by molar-refractivity contribution is -0.131. The molecule has 0 aliphatic carbocycles. The van der Waals surface area contributed by atoms with Crippen molar-refractivity contribution in [1.82, 2.24) is 10.3 Å². The Balaban J connectivity index is 0.00000304. The molecule has 0 bridgehead atoms. The van der Waals surface area contributed by atoms with Crippen molar-refractivity contribution in [2.75, 3.05) is 25.0 Å². The van der Waals surface area contributed by atoms with E-state index >= 15 is 0 Å². The fraction of sp³-hybridized carbons (Fsp3) is 0.214. The summed E-state index contributed by atoms with van der Waals surface area (Å²) in [7, 11) is 0. The molecule has 1 fully saturated rings. The third-order valence-electron chi connectivity index (χ3n) is 5.96. The zero-order chi connectivity index (χ0) is 24.0. The Bertz CT molecular complexity index is 1320. The number of halogens is 1. The summed E-state index contributed by atoms with van der Waals surface area (Å²) in [6.45, 7) is 2.36. The number of ether oxygens (including phenoxy) is 2. The molecule has 186 valence electrons. The summed E-state index contributed by atoms with van der Waals surface area (Å²) < 4.78 is 11.4. The third kappa shape index (κ3) is 6.31. The van der Waals surface area contributed by atoms with Crippen LogP contribution in [0.1, 0.15) is 21.6 Å². The van der Waals surface area contributed by atoms with Gasteiger partial charge in [-0.25, -0.2) is 0 Å². The van der Waals surface area contributed by atoms with Gasteiger partial charge in [-0.3, -0.25) is 9.59 Å². The first-order valence-corrected chi connectivity index (χ1v) is 11.7. The number of carbonyl (C=O) groups excluding carboxylic acids is 2. The van der Waals surface area contributed by atoms with Crippen LogP contribution in [-0.2, 0) is 22.6 Å². The standard InChI is InChI=1S/C28H27N3O4.ClH/c32-26(27-17-29-12-13-34-27)14-19-6-8-22(9-7-19)30-28(33)25-16-21-15-23(10-11-24(21)31-25)35-18-20-4-2-1-3-5-20;/h1-11,15-16,27,29,31H,12-14,17-18H2,(H,30,33);1H. The van der Waals surface area contributed by atoms with Crippen molar-refractivity contribution in [3.63, 3.8) is 0 Å². The molecule has 1 aliphatic heterocycles. The van der Waals surface area contributed by atoms with Gasteiger partial charge in [0.15, 0.2) is 5.78 Å². The highest BCUT2D eigenvalue weighted by Gasteiger charge is 2.21. The lowest BCUT2D eigenvalue weighted by atomic mass is 10.0. The van der Waals surface area contributed by atoms with E-state index in [9.17, 15) is 9.59 Å². The van der Waals surface area contributed by atoms with Gasteiger partial charge in [0.05, 0.1) is 6.61 Å². The largest absolute Gasteiger partial charge is 0.489 e. The minimum Gasteiger partial charge on any atom is -0.489 e. The first-order valence-electron chi connectivity index (χ1n) is 11.7. The van der Waals surface area contributed by atoms with Crippen molar-refractivity contribution in [2.45, 2.75) is 19.1 Å². The number of carbonyl (C=O) groups is 2. The van der Waals surface area contributed by atoms with Gasteiger partial charge in [0.25, 0.3) is 5.91 Å². The molecule has 1 saturated heterocycles. The van der Waals surface area contributed by atoms with Gasteiger partial charge >= 0.3 is 0 Å². The second-order valence-corrected chi connectivity index (χ2v) is 8.56. The zero-order valence-electron chi connectivity index (χ0n) is 19.7. The van der Waals surface area contributed by atoms with Gasteiger partial charge in [-0.1, -0.05) is 42.5 Å². The summed E-state index contributed by atoms with van der Waals surface area (Å²) in [4.78, 5) is 28.3. The Morgan fingerprint density at radius 1 is 0.972 bits per heavy atom.